The molecular weight excluding hydrogens is 136 g/mol. The zero-order chi connectivity index (χ0) is 7.73. The Balaban J connectivity index is 2.03. The lowest BCUT2D eigenvalue weighted by molar-refractivity contribution is 0.329. The van der Waals surface area contributed by atoms with Gasteiger partial charge < -0.3 is 4.74 Å². The van der Waals surface area contributed by atoms with Gasteiger partial charge in [0.25, 0.3) is 0 Å². The predicted octanol–water partition coefficient (Wildman–Crippen LogP) is 1.84. The maximum atomic E-state index is 6.73. The monoisotopic (exact) mass is 147 g/mol. The lowest BCUT2D eigenvalue weighted by Crippen LogP contribution is -2.15. The normalized spacial score (nSPS) is 41.5. The Hall–Kier alpha value is -0.740. The van der Waals surface area contributed by atoms with Crippen molar-refractivity contribution in [2.75, 3.05) is 0 Å². The van der Waals surface area contributed by atoms with Crippen LogP contribution in [0.15, 0.2) is 12.2 Å². The highest BCUT2D eigenvalue weighted by Crippen LogP contribution is 2.48. The molecule has 0 amide bonds. The van der Waals surface area contributed by atoms with E-state index in [1.807, 2.05) is 6.08 Å². The molecule has 1 saturated heterocycles. The average Bonchev–Trinajstić information content (AvgIpc) is 2.75. The maximum Gasteiger partial charge on any atom is 0.114 e. The Morgan fingerprint density at radius 2 is 2.45 bits per heavy atom. The van der Waals surface area contributed by atoms with Crippen LogP contribution < -0.4 is 0 Å². The Morgan fingerprint density at radius 1 is 1.55 bits per heavy atom. The second-order valence-electron chi connectivity index (χ2n) is 3.28. The molecule has 0 bridgehead atoms. The van der Waals surface area contributed by atoms with Crippen molar-refractivity contribution < 1.29 is 4.74 Å². The molecule has 1 aliphatic heterocycles. The Kier molecular flexibility index (Phi) is 1.51. The fourth-order valence-corrected chi connectivity index (χ4v) is 1.90. The van der Waals surface area contributed by atoms with Gasteiger partial charge in [-0.1, -0.05) is 18.8 Å². The number of hydrogen-bond acceptors (Lipinski definition) is 1. The molecule has 1 radical (unpaired) electrons. The van der Waals surface area contributed by atoms with Crippen LogP contribution >= 0.6 is 0 Å². The molecule has 1 saturated carbocycles. The van der Waals surface area contributed by atoms with Crippen molar-refractivity contribution in [1.82, 2.24) is 0 Å². The lowest BCUT2D eigenvalue weighted by Gasteiger charge is -2.11. The van der Waals surface area contributed by atoms with Crippen LogP contribution in [0, 0.1) is 12.3 Å². The van der Waals surface area contributed by atoms with Gasteiger partial charge in [0, 0.05) is 0 Å². The van der Waals surface area contributed by atoms with Crippen molar-refractivity contribution in [2.24, 2.45) is 0 Å². The molecule has 2 aliphatic rings. The van der Waals surface area contributed by atoms with Gasteiger partial charge in [0.15, 0.2) is 0 Å². The quantitative estimate of drug-likeness (QED) is 0.407. The van der Waals surface area contributed by atoms with Crippen molar-refractivity contribution in [2.45, 2.75) is 37.4 Å². The average molecular weight is 147 g/mol. The van der Waals surface area contributed by atoms with Gasteiger partial charge in [-0.05, 0) is 31.4 Å². The molecule has 11 heavy (non-hydrogen) atoms. The van der Waals surface area contributed by atoms with Crippen LogP contribution in [0.5, 0.6) is 0 Å². The maximum absolute atomic E-state index is 6.73. The second-order valence-corrected chi connectivity index (χ2v) is 3.28. The van der Waals surface area contributed by atoms with Gasteiger partial charge in [0.05, 0.1) is 6.10 Å². The predicted molar refractivity (Wildman–Crippen MR) is 42.3 cm³/mol. The molecule has 2 fully saturated rings. The van der Waals surface area contributed by atoms with E-state index in [1.54, 1.807) is 6.08 Å². The van der Waals surface area contributed by atoms with E-state index in [2.05, 4.69) is 5.92 Å². The summed E-state index contributed by atoms with van der Waals surface area (Å²) in [7, 11) is 0. The van der Waals surface area contributed by atoms with Gasteiger partial charge in [-0.2, -0.15) is 0 Å². The van der Waals surface area contributed by atoms with E-state index in [0.717, 1.165) is 6.42 Å². The molecule has 2 atom stereocenters. The molecule has 1 heterocycles. The van der Waals surface area contributed by atoms with Gasteiger partial charge in [0.1, 0.15) is 5.60 Å². The minimum absolute atomic E-state index is 0.0340. The van der Waals surface area contributed by atoms with Crippen LogP contribution in [-0.2, 0) is 4.74 Å². The standard InChI is InChI=1S/C10H11O/c1-2-3-7-10-8-5-4-6-9(10)11-10/h3,7,9H,4-6,8H2. The molecule has 0 aromatic heterocycles. The third kappa shape index (κ3) is 1.08. The van der Waals surface area contributed by atoms with Crippen LogP contribution in [0.4, 0.5) is 0 Å². The highest BCUT2D eigenvalue weighted by molar-refractivity contribution is 5.22. The molecule has 0 aromatic rings. The van der Waals surface area contributed by atoms with Crippen LogP contribution in [0.3, 0.4) is 0 Å². The van der Waals surface area contributed by atoms with Gasteiger partial charge in [0.2, 0.25) is 0 Å². The SMILES string of the molecule is [C]#CC=CC12CCCCC1O2. The number of ether oxygens (including phenoxy) is 1. The molecule has 1 nitrogen and oxygen atoms in total. The van der Waals surface area contributed by atoms with Crippen molar-refractivity contribution >= 4 is 0 Å². The van der Waals surface area contributed by atoms with E-state index in [-0.39, 0.29) is 5.60 Å². The number of fused-ring (bicyclic) bond motifs is 1. The Morgan fingerprint density at radius 3 is 3.18 bits per heavy atom. The zero-order valence-electron chi connectivity index (χ0n) is 6.47. The van der Waals surface area contributed by atoms with E-state index in [0.29, 0.717) is 6.10 Å². The van der Waals surface area contributed by atoms with Gasteiger partial charge in [-0.25, -0.2) is 0 Å². The van der Waals surface area contributed by atoms with Gasteiger partial charge >= 0.3 is 0 Å². The zero-order valence-corrected chi connectivity index (χ0v) is 6.47. The topological polar surface area (TPSA) is 12.5 Å². The molecular formula is C10H11O. The Labute approximate surface area is 67.4 Å². The van der Waals surface area contributed by atoms with Crippen molar-refractivity contribution in [1.29, 1.82) is 0 Å². The molecule has 1 aliphatic carbocycles. The number of rotatable bonds is 1. The van der Waals surface area contributed by atoms with E-state index in [4.69, 9.17) is 11.2 Å². The summed E-state index contributed by atoms with van der Waals surface area (Å²) in [5.74, 6) is 2.26. The van der Waals surface area contributed by atoms with Crippen molar-refractivity contribution in [3.05, 3.63) is 18.6 Å². The molecule has 2 rings (SSSR count). The molecule has 57 valence electrons. The minimum Gasteiger partial charge on any atom is -0.362 e. The van der Waals surface area contributed by atoms with Crippen molar-refractivity contribution in [3.63, 3.8) is 0 Å². The van der Waals surface area contributed by atoms with Gasteiger partial charge in [-0.3, -0.25) is 0 Å². The summed E-state index contributed by atoms with van der Waals surface area (Å²) in [6, 6.07) is 0. The second kappa shape index (κ2) is 2.39. The molecule has 2 unspecified atom stereocenters. The highest BCUT2D eigenvalue weighted by Gasteiger charge is 2.54. The van der Waals surface area contributed by atoms with E-state index < -0.39 is 0 Å². The van der Waals surface area contributed by atoms with E-state index in [9.17, 15) is 0 Å². The van der Waals surface area contributed by atoms with Crippen LogP contribution in [0.2, 0.25) is 0 Å². The largest absolute Gasteiger partial charge is 0.362 e. The smallest absolute Gasteiger partial charge is 0.114 e. The first-order valence-electron chi connectivity index (χ1n) is 4.15. The fourth-order valence-electron chi connectivity index (χ4n) is 1.90. The lowest BCUT2D eigenvalue weighted by atomic mass is 9.89. The molecule has 1 heteroatoms. The molecule has 0 aromatic carbocycles. The van der Waals surface area contributed by atoms with Gasteiger partial charge in [-0.15, -0.1) is 0 Å². The summed E-state index contributed by atoms with van der Waals surface area (Å²) >= 11 is 0. The first-order chi connectivity index (χ1) is 5.37. The summed E-state index contributed by atoms with van der Waals surface area (Å²) in [6.45, 7) is 0. The number of epoxide rings is 1. The summed E-state index contributed by atoms with van der Waals surface area (Å²) < 4.78 is 5.56. The summed E-state index contributed by atoms with van der Waals surface area (Å²) in [5.41, 5.74) is 0.0340. The van der Waals surface area contributed by atoms with E-state index >= 15 is 0 Å². The Bertz CT molecular complexity index is 224. The third-order valence-corrected chi connectivity index (χ3v) is 2.58. The molecule has 0 N–H and O–H groups in total. The fraction of sp³-hybridized carbons (Fsp3) is 0.600. The first kappa shape index (κ1) is 6.94. The van der Waals surface area contributed by atoms with E-state index in [1.165, 1.54) is 19.3 Å². The summed E-state index contributed by atoms with van der Waals surface area (Å²) in [4.78, 5) is 0. The summed E-state index contributed by atoms with van der Waals surface area (Å²) in [5, 5.41) is 0. The number of hydrogen-bond donors (Lipinski definition) is 0. The van der Waals surface area contributed by atoms with Crippen LogP contribution in [0.25, 0.3) is 0 Å². The van der Waals surface area contributed by atoms with Crippen molar-refractivity contribution in [3.8, 4) is 5.92 Å². The minimum atomic E-state index is 0.0340. The summed E-state index contributed by atoms with van der Waals surface area (Å²) in [6.07, 6.45) is 15.7. The van der Waals surface area contributed by atoms with Crippen LogP contribution in [-0.4, -0.2) is 11.7 Å². The number of allylic oxidation sites excluding steroid dienone is 1. The third-order valence-electron chi connectivity index (χ3n) is 2.58. The van der Waals surface area contributed by atoms with Crippen LogP contribution in [0.1, 0.15) is 25.7 Å². The first-order valence-corrected chi connectivity index (χ1v) is 4.15. The molecule has 0 spiro atoms. The highest BCUT2D eigenvalue weighted by atomic mass is 16.6.